The third-order valence-electron chi connectivity index (χ3n) is 4.88. The Morgan fingerprint density at radius 2 is 1.84 bits per heavy atom. The monoisotopic (exact) mass is 404 g/mol. The van der Waals surface area contributed by atoms with E-state index in [1.807, 2.05) is 10.8 Å². The average Bonchev–Trinajstić information content (AvgIpc) is 2.84. The Balaban J connectivity index is 2.16. The van der Waals surface area contributed by atoms with Gasteiger partial charge in [-0.15, -0.1) is 0 Å². The van der Waals surface area contributed by atoms with E-state index in [1.54, 1.807) is 0 Å². The highest BCUT2D eigenvalue weighted by Gasteiger charge is 2.51. The minimum absolute atomic E-state index is 0.232. The number of nitrogens with zero attached hydrogens (tertiary/aromatic N) is 2. The topological polar surface area (TPSA) is 45.5 Å². The highest BCUT2D eigenvalue weighted by atomic mass is 33.1. The number of rotatable bonds is 8. The summed E-state index contributed by atoms with van der Waals surface area (Å²) in [5.41, 5.74) is 0. The van der Waals surface area contributed by atoms with E-state index in [1.165, 1.54) is 32.1 Å². The van der Waals surface area contributed by atoms with Gasteiger partial charge in [-0.1, -0.05) is 40.9 Å². The maximum Gasteiger partial charge on any atom is 0.259 e. The first kappa shape index (κ1) is 21.8. The van der Waals surface area contributed by atoms with E-state index in [0.717, 1.165) is 0 Å². The third kappa shape index (κ3) is 5.50. The van der Waals surface area contributed by atoms with Crippen LogP contribution in [-0.4, -0.2) is 39.5 Å². The molecule has 2 rings (SSSR count). The SMILES string of the molecule is CC(C)N(C(C)C)P(OCCC#N)O[C@H]1[C@H](C)SSC12CCCCC2. The molecule has 0 bridgehead atoms. The summed E-state index contributed by atoms with van der Waals surface area (Å²) in [7, 11) is 2.89. The molecule has 1 spiro atoms. The summed E-state index contributed by atoms with van der Waals surface area (Å²) in [4.78, 5) is 0. The van der Waals surface area contributed by atoms with Gasteiger partial charge in [0.1, 0.15) is 0 Å². The molecule has 2 aliphatic rings. The van der Waals surface area contributed by atoms with Gasteiger partial charge in [-0.05, 0) is 47.5 Å². The predicted molar refractivity (Wildman–Crippen MR) is 111 cm³/mol. The van der Waals surface area contributed by atoms with Crippen LogP contribution in [0.2, 0.25) is 0 Å². The molecule has 1 saturated carbocycles. The molecule has 1 heterocycles. The molecule has 1 aliphatic heterocycles. The highest BCUT2D eigenvalue weighted by Crippen LogP contribution is 2.62. The van der Waals surface area contributed by atoms with Crippen LogP contribution in [0.5, 0.6) is 0 Å². The molecular weight excluding hydrogens is 371 g/mol. The van der Waals surface area contributed by atoms with Crippen molar-refractivity contribution in [3.8, 4) is 6.07 Å². The molecule has 3 atom stereocenters. The zero-order chi connectivity index (χ0) is 18.4. The second-order valence-corrected chi connectivity index (χ2v) is 12.0. The summed E-state index contributed by atoms with van der Waals surface area (Å²) in [6.45, 7) is 11.5. The minimum atomic E-state index is -1.15. The molecule has 1 aliphatic carbocycles. The van der Waals surface area contributed by atoms with Gasteiger partial charge < -0.3 is 9.05 Å². The average molecular weight is 405 g/mol. The van der Waals surface area contributed by atoms with Crippen LogP contribution in [0.4, 0.5) is 0 Å². The Kier molecular flexibility index (Phi) is 8.85. The molecule has 0 aromatic heterocycles. The molecule has 0 aromatic rings. The molecule has 4 nitrogen and oxygen atoms in total. The lowest BCUT2D eigenvalue weighted by atomic mass is 9.83. The van der Waals surface area contributed by atoms with E-state index in [4.69, 9.17) is 14.3 Å². The first-order chi connectivity index (χ1) is 11.9. The fourth-order valence-electron chi connectivity index (χ4n) is 3.79. The summed E-state index contributed by atoms with van der Waals surface area (Å²) >= 11 is 0. The van der Waals surface area contributed by atoms with Gasteiger partial charge in [-0.25, -0.2) is 4.67 Å². The van der Waals surface area contributed by atoms with E-state index in [-0.39, 0.29) is 10.9 Å². The van der Waals surface area contributed by atoms with Crippen molar-refractivity contribution in [1.29, 1.82) is 5.26 Å². The predicted octanol–water partition coefficient (Wildman–Crippen LogP) is 6.13. The molecule has 144 valence electrons. The Hall–Kier alpha value is 0.500. The van der Waals surface area contributed by atoms with E-state index in [0.29, 0.717) is 30.4 Å². The second kappa shape index (κ2) is 10.2. The Bertz CT molecular complexity index is 439. The Morgan fingerprint density at radius 1 is 1.20 bits per heavy atom. The summed E-state index contributed by atoms with van der Waals surface area (Å²) in [5, 5.41) is 9.36. The Morgan fingerprint density at radius 3 is 2.40 bits per heavy atom. The van der Waals surface area contributed by atoms with Crippen LogP contribution in [0.15, 0.2) is 0 Å². The van der Waals surface area contributed by atoms with Crippen molar-refractivity contribution < 1.29 is 9.05 Å². The van der Waals surface area contributed by atoms with E-state index < -0.39 is 8.53 Å². The largest absolute Gasteiger partial charge is 0.321 e. The van der Waals surface area contributed by atoms with Crippen LogP contribution in [0.1, 0.15) is 73.1 Å². The van der Waals surface area contributed by atoms with Crippen LogP contribution in [0, 0.1) is 11.3 Å². The molecule has 2 fully saturated rings. The van der Waals surface area contributed by atoms with Crippen molar-refractivity contribution in [1.82, 2.24) is 4.67 Å². The van der Waals surface area contributed by atoms with Crippen molar-refractivity contribution in [2.45, 2.75) is 101 Å². The smallest absolute Gasteiger partial charge is 0.259 e. The normalized spacial score (nSPS) is 27.3. The highest BCUT2D eigenvalue weighted by molar-refractivity contribution is 8.77. The standard InChI is InChI=1S/C18H33N2O2PS2/c1-14(2)20(15(3)4)23(21-13-9-12-19)22-17-16(5)24-25-18(17)10-7-6-8-11-18/h14-17H,6-11,13H2,1-5H3/t16-,17-,23?/m0/s1. The first-order valence-corrected chi connectivity index (χ1v) is 12.8. The number of nitriles is 1. The van der Waals surface area contributed by atoms with Crippen molar-refractivity contribution in [2.24, 2.45) is 0 Å². The third-order valence-corrected chi connectivity index (χ3v) is 10.8. The van der Waals surface area contributed by atoms with Gasteiger partial charge in [-0.2, -0.15) is 5.26 Å². The molecule has 7 heteroatoms. The lowest BCUT2D eigenvalue weighted by Crippen LogP contribution is -2.44. The summed E-state index contributed by atoms with van der Waals surface area (Å²) < 4.78 is 15.5. The maximum absolute atomic E-state index is 8.88. The van der Waals surface area contributed by atoms with E-state index in [9.17, 15) is 0 Å². The number of hydrogen-bond acceptors (Lipinski definition) is 6. The Labute approximate surface area is 163 Å². The fraction of sp³-hybridized carbons (Fsp3) is 0.944. The molecule has 1 unspecified atom stereocenters. The molecule has 25 heavy (non-hydrogen) atoms. The van der Waals surface area contributed by atoms with Gasteiger partial charge in [0.25, 0.3) is 8.53 Å². The zero-order valence-corrected chi connectivity index (χ0v) is 18.8. The molecular formula is C18H33N2O2PS2. The van der Waals surface area contributed by atoms with Gasteiger partial charge in [0, 0.05) is 17.3 Å². The van der Waals surface area contributed by atoms with Crippen molar-refractivity contribution in [2.75, 3.05) is 6.61 Å². The number of hydrogen-bond donors (Lipinski definition) is 0. The van der Waals surface area contributed by atoms with Gasteiger partial charge in [-0.3, -0.25) is 0 Å². The van der Waals surface area contributed by atoms with Crippen molar-refractivity contribution in [3.05, 3.63) is 0 Å². The van der Waals surface area contributed by atoms with E-state index >= 15 is 0 Å². The van der Waals surface area contributed by atoms with E-state index in [2.05, 4.69) is 56.2 Å². The summed E-state index contributed by atoms with van der Waals surface area (Å²) in [6, 6.07) is 2.89. The van der Waals surface area contributed by atoms with Gasteiger partial charge in [0.2, 0.25) is 0 Å². The van der Waals surface area contributed by atoms with Crippen molar-refractivity contribution in [3.63, 3.8) is 0 Å². The molecule has 1 saturated heterocycles. The van der Waals surface area contributed by atoms with Crippen LogP contribution in [-0.2, 0) is 9.05 Å². The second-order valence-electron chi connectivity index (χ2n) is 7.58. The minimum Gasteiger partial charge on any atom is -0.321 e. The first-order valence-electron chi connectivity index (χ1n) is 9.51. The summed E-state index contributed by atoms with van der Waals surface area (Å²) in [5.74, 6) is 0. The van der Waals surface area contributed by atoms with Gasteiger partial charge in [0.05, 0.1) is 29.9 Å². The maximum atomic E-state index is 8.88. The zero-order valence-electron chi connectivity index (χ0n) is 16.2. The van der Waals surface area contributed by atoms with Crippen LogP contribution in [0.25, 0.3) is 0 Å². The molecule has 0 radical (unpaired) electrons. The fourth-order valence-corrected chi connectivity index (χ4v) is 9.59. The van der Waals surface area contributed by atoms with Crippen molar-refractivity contribution >= 4 is 30.1 Å². The van der Waals surface area contributed by atoms with Gasteiger partial charge in [0.15, 0.2) is 0 Å². The quantitative estimate of drug-likeness (QED) is 0.275. The lowest BCUT2D eigenvalue weighted by molar-refractivity contribution is 0.0962. The molecule has 0 aromatic carbocycles. The lowest BCUT2D eigenvalue weighted by Gasteiger charge is -2.42. The van der Waals surface area contributed by atoms with Gasteiger partial charge >= 0.3 is 0 Å². The van der Waals surface area contributed by atoms with Crippen LogP contribution in [0.3, 0.4) is 0 Å². The van der Waals surface area contributed by atoms with Crippen LogP contribution >= 0.6 is 30.1 Å². The molecule has 0 N–H and O–H groups in total. The van der Waals surface area contributed by atoms with Crippen LogP contribution < -0.4 is 0 Å². The summed E-state index contributed by atoms with van der Waals surface area (Å²) in [6.07, 6.45) is 7.13. The molecule has 0 amide bonds.